The first-order valence-electron chi connectivity index (χ1n) is 13.6. The zero-order chi connectivity index (χ0) is 25.9. The van der Waals surface area contributed by atoms with Gasteiger partial charge in [0.1, 0.15) is 17.2 Å². The van der Waals surface area contributed by atoms with E-state index in [1.54, 1.807) is 42.5 Å². The van der Waals surface area contributed by atoms with Gasteiger partial charge < -0.3 is 18.7 Å². The van der Waals surface area contributed by atoms with Gasteiger partial charge in [0.25, 0.3) is 0 Å². The Labute approximate surface area is 226 Å². The molecule has 0 spiro atoms. The van der Waals surface area contributed by atoms with Gasteiger partial charge in [-0.15, -0.1) is 0 Å². The monoisotopic (exact) mass is 581 g/mol. The quantitative estimate of drug-likeness (QED) is 0.0834. The molecule has 0 bridgehead atoms. The Morgan fingerprint density at radius 3 is 1.72 bits per heavy atom. The van der Waals surface area contributed by atoms with Crippen molar-refractivity contribution in [3.8, 4) is 17.2 Å². The van der Waals surface area contributed by atoms with Crippen molar-refractivity contribution in [2.24, 2.45) is 0 Å². The van der Waals surface area contributed by atoms with Crippen LogP contribution in [0.3, 0.4) is 0 Å². The van der Waals surface area contributed by atoms with Gasteiger partial charge in [-0.05, 0) is 36.2 Å². The number of rotatable bonds is 21. The molecule has 202 valence electrons. The second kappa shape index (κ2) is 18.7. The van der Waals surface area contributed by atoms with Gasteiger partial charge in [-0.3, -0.25) is 0 Å². The summed E-state index contributed by atoms with van der Waals surface area (Å²) in [4.78, 5) is 12.3. The van der Waals surface area contributed by atoms with E-state index in [9.17, 15) is 9.46 Å². The minimum atomic E-state index is -4.57. The van der Waals surface area contributed by atoms with Gasteiger partial charge in [-0.1, -0.05) is 125 Å². The summed E-state index contributed by atoms with van der Waals surface area (Å²) in [5, 5.41) is 0.604. The van der Waals surface area contributed by atoms with Gasteiger partial charge in [0.05, 0.1) is 6.61 Å². The van der Waals surface area contributed by atoms with E-state index in [2.05, 4.69) is 22.9 Å². The van der Waals surface area contributed by atoms with Gasteiger partial charge in [-0.25, -0.2) is 4.57 Å². The molecule has 7 heteroatoms. The maximum Gasteiger partial charge on any atom is 0.372 e. The smallest absolute Gasteiger partial charge is 0.372 e. The second-order valence-corrected chi connectivity index (χ2v) is 11.2. The van der Waals surface area contributed by atoms with Gasteiger partial charge in [-0.2, -0.15) is 0 Å². The first-order valence-corrected chi connectivity index (χ1v) is 16.2. The molecule has 0 aromatic heterocycles. The molecule has 5 nitrogen and oxygen atoms in total. The summed E-state index contributed by atoms with van der Waals surface area (Å²) in [5.74, 6) is 0.974. The van der Waals surface area contributed by atoms with Gasteiger partial charge in [0.2, 0.25) is 0 Å². The van der Waals surface area contributed by atoms with Crippen LogP contribution in [-0.2, 0) is 9.90 Å². The molecule has 0 aliphatic heterocycles. The molecule has 1 atom stereocenters. The lowest BCUT2D eigenvalue weighted by atomic mass is 10.0. The lowest BCUT2D eigenvalue weighted by Gasteiger charge is -2.24. The minimum absolute atomic E-state index is 0.170. The Kier molecular flexibility index (Phi) is 16.0. The van der Waals surface area contributed by atoms with Crippen molar-refractivity contribution >= 4 is 23.8 Å². The van der Waals surface area contributed by atoms with E-state index in [0.29, 0.717) is 17.7 Å². The van der Waals surface area contributed by atoms with E-state index in [1.807, 2.05) is 6.07 Å². The number of phosphoric acid groups is 1. The number of alkyl halides is 1. The van der Waals surface area contributed by atoms with Crippen molar-refractivity contribution in [2.75, 3.05) is 6.61 Å². The van der Waals surface area contributed by atoms with E-state index in [4.69, 9.17) is 13.8 Å². The zero-order valence-corrected chi connectivity index (χ0v) is 24.3. The van der Waals surface area contributed by atoms with E-state index >= 15 is 0 Å². The van der Waals surface area contributed by atoms with Crippen LogP contribution in [0.15, 0.2) is 48.5 Å². The second-order valence-electron chi connectivity index (χ2n) is 9.33. The predicted octanol–water partition coefficient (Wildman–Crippen LogP) is 9.37. The van der Waals surface area contributed by atoms with Crippen molar-refractivity contribution in [3.63, 3.8) is 0 Å². The predicted molar refractivity (Wildman–Crippen MR) is 150 cm³/mol. The summed E-state index contributed by atoms with van der Waals surface area (Å²) in [6.07, 6.45) is 18.4. The Hall–Kier alpha value is -1.49. The van der Waals surface area contributed by atoms with Gasteiger partial charge in [0, 0.05) is 11.4 Å². The third kappa shape index (κ3) is 14.3. The summed E-state index contributed by atoms with van der Waals surface area (Å²) in [6, 6.07) is 13.5. The fourth-order valence-electron chi connectivity index (χ4n) is 4.07. The molecule has 0 aliphatic rings. The number of hydrogen-bond acceptors (Lipinski definition) is 5. The molecule has 0 aliphatic carbocycles. The molecule has 2 rings (SSSR count). The summed E-state index contributed by atoms with van der Waals surface area (Å²) in [5.41, 5.74) is 0.909. The minimum Gasteiger partial charge on any atom is -0.736 e. The number of ether oxygens (including phenoxy) is 1. The molecule has 1 unspecified atom stereocenters. The largest absolute Gasteiger partial charge is 0.736 e. The van der Waals surface area contributed by atoms with Crippen LogP contribution in [0.5, 0.6) is 17.2 Å². The molecule has 0 heterocycles. The maximum absolute atomic E-state index is 12.3. The first kappa shape index (κ1) is 30.7. The molecule has 36 heavy (non-hydrogen) atoms. The Morgan fingerprint density at radius 1 is 0.694 bits per heavy atom. The average Bonchev–Trinajstić information content (AvgIpc) is 2.86. The van der Waals surface area contributed by atoms with Crippen LogP contribution in [0.25, 0.3) is 0 Å². The fraction of sp³-hybridized carbons (Fsp3) is 0.586. The van der Waals surface area contributed by atoms with Crippen LogP contribution >= 0.6 is 23.8 Å². The van der Waals surface area contributed by atoms with E-state index in [0.717, 1.165) is 18.4 Å². The summed E-state index contributed by atoms with van der Waals surface area (Å²) in [6.45, 7) is 2.87. The van der Waals surface area contributed by atoms with Gasteiger partial charge >= 0.3 is 7.82 Å². The van der Waals surface area contributed by atoms with E-state index in [1.165, 1.54) is 77.0 Å². The van der Waals surface area contributed by atoms with Crippen LogP contribution < -0.4 is 18.7 Å². The SMILES string of the molecule is CCCCCCCCCCCCCCCCOc1cccc(OP(=O)([O-])Oc2cccc(CBr)c2)c1. The molecule has 0 N–H and O–H groups in total. The summed E-state index contributed by atoms with van der Waals surface area (Å²) in [7, 11) is -4.57. The first-order chi connectivity index (χ1) is 17.5. The summed E-state index contributed by atoms with van der Waals surface area (Å²) < 4.78 is 28.3. The maximum atomic E-state index is 12.3. The number of unbranched alkanes of at least 4 members (excludes halogenated alkanes) is 13. The fourth-order valence-corrected chi connectivity index (χ4v) is 5.20. The van der Waals surface area contributed by atoms with Crippen molar-refractivity contribution in [1.29, 1.82) is 0 Å². The van der Waals surface area contributed by atoms with Gasteiger partial charge in [0.15, 0.2) is 0 Å². The number of phosphoric ester groups is 1. The van der Waals surface area contributed by atoms with Crippen LogP contribution in [0.2, 0.25) is 0 Å². The molecular formula is C29H43BrO5P-. The van der Waals surface area contributed by atoms with Crippen LogP contribution in [-0.4, -0.2) is 6.61 Å². The van der Waals surface area contributed by atoms with Crippen molar-refractivity contribution in [3.05, 3.63) is 54.1 Å². The molecule has 2 aromatic carbocycles. The number of hydrogen-bond donors (Lipinski definition) is 0. The number of halogens is 1. The average molecular weight is 583 g/mol. The molecule has 0 saturated carbocycles. The molecule has 0 amide bonds. The van der Waals surface area contributed by atoms with Crippen molar-refractivity contribution < 1.29 is 23.2 Å². The highest BCUT2D eigenvalue weighted by atomic mass is 79.9. The summed E-state index contributed by atoms with van der Waals surface area (Å²) >= 11 is 3.34. The standard InChI is InChI=1S/C29H44BrO5P/c1-2-3-4-5-6-7-8-9-10-11-12-13-14-15-22-33-27-19-17-21-29(24-27)35-36(31,32)34-28-20-16-18-26(23-28)25-30/h16-21,23-24H,2-15,22,25H2,1H3,(H,31,32)/p-1. The Morgan fingerprint density at radius 2 is 1.17 bits per heavy atom. The highest BCUT2D eigenvalue weighted by Crippen LogP contribution is 2.41. The number of benzene rings is 2. The van der Waals surface area contributed by atoms with E-state index in [-0.39, 0.29) is 11.5 Å². The van der Waals surface area contributed by atoms with E-state index < -0.39 is 7.82 Å². The molecule has 0 fully saturated rings. The Bertz CT molecular complexity index is 891. The highest BCUT2D eigenvalue weighted by Gasteiger charge is 2.14. The van der Waals surface area contributed by atoms with Crippen molar-refractivity contribution in [2.45, 2.75) is 102 Å². The molecule has 0 saturated heterocycles. The van der Waals surface area contributed by atoms with Crippen molar-refractivity contribution in [1.82, 2.24) is 0 Å². The molecule has 2 aromatic rings. The molecule has 0 radical (unpaired) electrons. The third-order valence-corrected chi connectivity index (χ3v) is 7.58. The topological polar surface area (TPSA) is 67.8 Å². The highest BCUT2D eigenvalue weighted by molar-refractivity contribution is 9.08. The Balaban J connectivity index is 1.55. The van der Waals surface area contributed by atoms with Crippen LogP contribution in [0.1, 0.15) is 102 Å². The molecular weight excluding hydrogens is 539 g/mol. The normalized spacial score (nSPS) is 12.8. The van der Waals surface area contributed by atoms with Crippen LogP contribution in [0.4, 0.5) is 0 Å². The lowest BCUT2D eigenvalue weighted by molar-refractivity contribution is -0.208. The zero-order valence-electron chi connectivity index (χ0n) is 21.8. The lowest BCUT2D eigenvalue weighted by Crippen LogP contribution is -2.13. The third-order valence-electron chi connectivity index (χ3n) is 6.06. The van der Waals surface area contributed by atoms with Crippen LogP contribution in [0, 0.1) is 0 Å².